The summed E-state index contributed by atoms with van der Waals surface area (Å²) in [6, 6.07) is 12.1. The smallest absolute Gasteiger partial charge is 0.339 e. The lowest BCUT2D eigenvalue weighted by Gasteiger charge is -2.11. The maximum Gasteiger partial charge on any atom is 0.339 e. The van der Waals surface area contributed by atoms with Gasteiger partial charge in [0.15, 0.2) is 0 Å². The van der Waals surface area contributed by atoms with E-state index in [9.17, 15) is 4.79 Å². The third-order valence-electron chi connectivity index (χ3n) is 3.67. The fourth-order valence-corrected chi connectivity index (χ4v) is 2.51. The highest BCUT2D eigenvalue weighted by atomic mass is 16.5. The zero-order valence-electron chi connectivity index (χ0n) is 13.1. The van der Waals surface area contributed by atoms with Crippen molar-refractivity contribution in [2.24, 2.45) is 0 Å². The molecule has 0 fully saturated rings. The minimum Gasteiger partial charge on any atom is -0.462 e. The Bertz CT molecular complexity index is 599. The van der Waals surface area contributed by atoms with Gasteiger partial charge in [0.2, 0.25) is 0 Å². The van der Waals surface area contributed by atoms with Crippen molar-refractivity contribution < 1.29 is 9.53 Å². The summed E-state index contributed by atoms with van der Waals surface area (Å²) in [5.74, 6) is -0.234. The number of carbonyl (C=O) groups excluding carboxylic acids is 1. The molecule has 0 bridgehead atoms. The first kappa shape index (κ1) is 15.4. The molecule has 0 aliphatic heterocycles. The van der Waals surface area contributed by atoms with Crippen molar-refractivity contribution >= 4 is 5.97 Å². The fraction of sp³-hybridized carbons (Fsp3) is 0.389. The Balaban J connectivity index is 2.47. The van der Waals surface area contributed by atoms with Crippen LogP contribution in [0.3, 0.4) is 0 Å². The van der Waals surface area contributed by atoms with Gasteiger partial charge in [0.05, 0.1) is 12.2 Å². The Morgan fingerprint density at radius 3 is 2.52 bits per heavy atom. The number of carbonyl (C=O) groups is 1. The topological polar surface area (TPSA) is 31.2 Å². The van der Waals surface area contributed by atoms with E-state index in [-0.39, 0.29) is 5.97 Å². The molecule has 21 heavy (non-hydrogen) atoms. The molecule has 0 atom stereocenters. The first-order valence-electron chi connectivity index (χ1n) is 7.61. The van der Waals surface area contributed by atoms with E-state index in [2.05, 4.69) is 23.6 Å². The van der Waals surface area contributed by atoms with Gasteiger partial charge in [-0.2, -0.15) is 0 Å². The predicted octanol–water partition coefficient (Wildman–Crippen LogP) is 4.44. The van der Waals surface area contributed by atoms with Crippen molar-refractivity contribution in [3.05, 3.63) is 47.7 Å². The average Bonchev–Trinajstić information content (AvgIpc) is 2.83. The monoisotopic (exact) mass is 285 g/mol. The average molecular weight is 285 g/mol. The SMILES string of the molecule is CCCCn1c(-c2ccccc2)cc(C(=O)OCC)c1C. The van der Waals surface area contributed by atoms with Crippen LogP contribution in [0.25, 0.3) is 11.3 Å². The van der Waals surface area contributed by atoms with Gasteiger partial charge in [0.25, 0.3) is 0 Å². The molecule has 0 amide bonds. The second-order valence-electron chi connectivity index (χ2n) is 5.12. The largest absolute Gasteiger partial charge is 0.462 e. The van der Waals surface area contributed by atoms with Crippen molar-refractivity contribution in [1.29, 1.82) is 0 Å². The number of aromatic nitrogens is 1. The lowest BCUT2D eigenvalue weighted by molar-refractivity contribution is 0.0525. The van der Waals surface area contributed by atoms with Crippen molar-refractivity contribution in [3.63, 3.8) is 0 Å². The standard InChI is InChI=1S/C18H23NO2/c1-4-6-12-19-14(3)16(18(20)21-5-2)13-17(19)15-10-8-7-9-11-15/h7-11,13H,4-6,12H2,1-3H3. The van der Waals surface area contributed by atoms with Crippen LogP contribution in [0.15, 0.2) is 36.4 Å². The van der Waals surface area contributed by atoms with E-state index in [0.29, 0.717) is 12.2 Å². The van der Waals surface area contributed by atoms with E-state index in [4.69, 9.17) is 4.74 Å². The molecule has 3 heteroatoms. The molecule has 0 aliphatic rings. The molecule has 0 spiro atoms. The van der Waals surface area contributed by atoms with Crippen molar-refractivity contribution in [3.8, 4) is 11.3 Å². The van der Waals surface area contributed by atoms with Gasteiger partial charge < -0.3 is 9.30 Å². The van der Waals surface area contributed by atoms with Gasteiger partial charge in [-0.3, -0.25) is 0 Å². The second kappa shape index (κ2) is 7.11. The first-order valence-corrected chi connectivity index (χ1v) is 7.61. The molecule has 0 unspecified atom stereocenters. The van der Waals surface area contributed by atoms with Gasteiger partial charge in [-0.05, 0) is 31.9 Å². The third-order valence-corrected chi connectivity index (χ3v) is 3.67. The number of ether oxygens (including phenoxy) is 1. The maximum absolute atomic E-state index is 12.1. The van der Waals surface area contributed by atoms with Gasteiger partial charge in [-0.25, -0.2) is 4.79 Å². The quantitative estimate of drug-likeness (QED) is 0.735. The highest BCUT2D eigenvalue weighted by molar-refractivity contribution is 5.92. The molecule has 1 aromatic heterocycles. The van der Waals surface area contributed by atoms with Crippen LogP contribution in [0.4, 0.5) is 0 Å². The molecule has 1 aromatic carbocycles. The predicted molar refractivity (Wildman–Crippen MR) is 85.5 cm³/mol. The van der Waals surface area contributed by atoms with Gasteiger partial charge in [-0.15, -0.1) is 0 Å². The molecule has 2 aromatic rings. The summed E-state index contributed by atoms with van der Waals surface area (Å²) in [5.41, 5.74) is 3.88. The molecule has 0 radical (unpaired) electrons. The summed E-state index contributed by atoms with van der Waals surface area (Å²) >= 11 is 0. The van der Waals surface area contributed by atoms with E-state index >= 15 is 0 Å². The van der Waals surface area contributed by atoms with Gasteiger partial charge in [0, 0.05) is 17.9 Å². The number of rotatable bonds is 6. The van der Waals surface area contributed by atoms with E-state index < -0.39 is 0 Å². The van der Waals surface area contributed by atoms with Crippen LogP contribution < -0.4 is 0 Å². The molecule has 112 valence electrons. The Morgan fingerprint density at radius 2 is 1.90 bits per heavy atom. The van der Waals surface area contributed by atoms with Crippen molar-refractivity contribution in [2.75, 3.05) is 6.61 Å². The number of benzene rings is 1. The molecule has 0 saturated carbocycles. The molecule has 0 N–H and O–H groups in total. The zero-order valence-corrected chi connectivity index (χ0v) is 13.1. The molecule has 0 saturated heterocycles. The minimum absolute atomic E-state index is 0.234. The van der Waals surface area contributed by atoms with Crippen molar-refractivity contribution in [2.45, 2.75) is 40.2 Å². The van der Waals surface area contributed by atoms with Gasteiger partial charge in [0.1, 0.15) is 0 Å². The van der Waals surface area contributed by atoms with Crippen LogP contribution >= 0.6 is 0 Å². The van der Waals surface area contributed by atoms with E-state index in [0.717, 1.165) is 36.3 Å². The third kappa shape index (κ3) is 3.35. The number of hydrogen-bond acceptors (Lipinski definition) is 2. The highest BCUT2D eigenvalue weighted by Crippen LogP contribution is 2.27. The Labute approximate surface area is 126 Å². The number of unbranched alkanes of at least 4 members (excludes halogenated alkanes) is 1. The van der Waals surface area contributed by atoms with Crippen molar-refractivity contribution in [1.82, 2.24) is 4.57 Å². The molecule has 2 rings (SSSR count). The summed E-state index contributed by atoms with van der Waals surface area (Å²) in [6.07, 6.45) is 2.22. The minimum atomic E-state index is -0.234. The van der Waals surface area contributed by atoms with Crippen LogP contribution in [-0.4, -0.2) is 17.1 Å². The van der Waals surface area contributed by atoms with Crippen LogP contribution in [0.1, 0.15) is 42.7 Å². The molecule has 3 nitrogen and oxygen atoms in total. The summed E-state index contributed by atoms with van der Waals surface area (Å²) in [7, 11) is 0. The number of esters is 1. The highest BCUT2D eigenvalue weighted by Gasteiger charge is 2.18. The lowest BCUT2D eigenvalue weighted by atomic mass is 10.1. The normalized spacial score (nSPS) is 10.6. The van der Waals surface area contributed by atoms with Crippen LogP contribution in [0.5, 0.6) is 0 Å². The molecular weight excluding hydrogens is 262 g/mol. The Kier molecular flexibility index (Phi) is 5.20. The van der Waals surface area contributed by atoms with E-state index in [1.54, 1.807) is 0 Å². The Hall–Kier alpha value is -2.03. The lowest BCUT2D eigenvalue weighted by Crippen LogP contribution is -2.07. The van der Waals surface area contributed by atoms with E-state index in [1.807, 2.05) is 38.1 Å². The maximum atomic E-state index is 12.1. The van der Waals surface area contributed by atoms with Gasteiger partial charge in [-0.1, -0.05) is 43.7 Å². The number of hydrogen-bond donors (Lipinski definition) is 0. The molecule has 1 heterocycles. The number of nitrogens with zero attached hydrogens (tertiary/aromatic N) is 1. The van der Waals surface area contributed by atoms with Gasteiger partial charge >= 0.3 is 5.97 Å². The summed E-state index contributed by atoms with van der Waals surface area (Å²) in [5, 5.41) is 0. The zero-order chi connectivity index (χ0) is 15.2. The second-order valence-corrected chi connectivity index (χ2v) is 5.12. The van der Waals surface area contributed by atoms with E-state index in [1.165, 1.54) is 0 Å². The summed E-state index contributed by atoms with van der Waals surface area (Å²) in [4.78, 5) is 12.1. The van der Waals surface area contributed by atoms with Crippen LogP contribution in [0, 0.1) is 6.92 Å². The fourth-order valence-electron chi connectivity index (χ4n) is 2.51. The molecule has 0 aliphatic carbocycles. The summed E-state index contributed by atoms with van der Waals surface area (Å²) < 4.78 is 7.39. The Morgan fingerprint density at radius 1 is 1.19 bits per heavy atom. The first-order chi connectivity index (χ1) is 10.2. The molecular formula is C18H23NO2. The van der Waals surface area contributed by atoms with Crippen LogP contribution in [-0.2, 0) is 11.3 Å². The summed E-state index contributed by atoms with van der Waals surface area (Å²) in [6.45, 7) is 7.33. The van der Waals surface area contributed by atoms with Crippen LogP contribution in [0.2, 0.25) is 0 Å².